The Morgan fingerprint density at radius 2 is 1.55 bits per heavy atom. The minimum absolute atomic E-state index is 0.00224. The maximum absolute atomic E-state index is 13.5. The molecule has 2 heterocycles. The van der Waals surface area contributed by atoms with Crippen molar-refractivity contribution < 1.29 is 46.0 Å². The van der Waals surface area contributed by atoms with Gasteiger partial charge in [0.15, 0.2) is 0 Å². The molecule has 2 aliphatic heterocycles. The molecular weight excluding hydrogens is 659 g/mol. The van der Waals surface area contributed by atoms with Gasteiger partial charge in [0.1, 0.15) is 31.0 Å². The first-order valence-electron chi connectivity index (χ1n) is 16.8. The molecule has 262 valence electrons. The molecule has 2 aromatic rings. The Hall–Kier alpha value is -2.15. The number of rotatable bonds is 12. The van der Waals surface area contributed by atoms with E-state index in [1.165, 1.54) is 12.1 Å². The second kappa shape index (κ2) is 15.2. The van der Waals surface area contributed by atoms with Crippen LogP contribution in [0.1, 0.15) is 67.9 Å². The van der Waals surface area contributed by atoms with Crippen molar-refractivity contribution in [2.24, 2.45) is 0 Å². The molecule has 11 nitrogen and oxygen atoms in total. The van der Waals surface area contributed by atoms with Crippen molar-refractivity contribution in [3.8, 4) is 0 Å². The first kappa shape index (κ1) is 36.1. The highest BCUT2D eigenvalue weighted by Gasteiger charge is 2.65. The first-order valence-corrected chi connectivity index (χ1v) is 21.5. The van der Waals surface area contributed by atoms with Crippen LogP contribution in [0.5, 0.6) is 0 Å². The van der Waals surface area contributed by atoms with E-state index in [0.717, 1.165) is 11.1 Å². The van der Waals surface area contributed by atoms with Gasteiger partial charge in [0.05, 0.1) is 19.5 Å². The molecule has 47 heavy (non-hydrogen) atoms. The van der Waals surface area contributed by atoms with Crippen LogP contribution in [0.15, 0.2) is 59.5 Å². The molecule has 4 atom stereocenters. The predicted molar refractivity (Wildman–Crippen MR) is 181 cm³/mol. The smallest absolute Gasteiger partial charge is 0.431 e. The summed E-state index contributed by atoms with van der Waals surface area (Å²) in [6.07, 6.45) is -3.21. The van der Waals surface area contributed by atoms with Gasteiger partial charge in [-0.05, 0) is 46.8 Å². The molecule has 2 aromatic carbocycles. The second-order valence-corrected chi connectivity index (χ2v) is 24.0. The predicted octanol–water partition coefficient (Wildman–Crippen LogP) is 6.65. The summed E-state index contributed by atoms with van der Waals surface area (Å²) in [7, 11) is -10.6. The van der Waals surface area contributed by atoms with Gasteiger partial charge in [-0.2, -0.15) is 13.9 Å². The van der Waals surface area contributed by atoms with Crippen molar-refractivity contribution in [2.75, 3.05) is 19.8 Å². The fourth-order valence-corrected chi connectivity index (χ4v) is 18.4. The number of carbonyl (C=O) groups is 1. The zero-order valence-corrected chi connectivity index (χ0v) is 31.7. The van der Waals surface area contributed by atoms with Crippen molar-refractivity contribution in [1.82, 2.24) is 5.48 Å². The normalized spacial score (nSPS) is 26.1. The fourth-order valence-electron chi connectivity index (χ4n) is 6.14. The summed E-state index contributed by atoms with van der Waals surface area (Å²) in [4.78, 5) is 18.5. The zero-order chi connectivity index (χ0) is 35.5. The minimum atomic E-state index is -4.25. The van der Waals surface area contributed by atoms with Gasteiger partial charge in [-0.3, -0.25) is 9.02 Å². The van der Waals surface area contributed by atoms with Crippen molar-refractivity contribution in [1.29, 1.82) is 0 Å². The largest absolute Gasteiger partial charge is 0.443 e. The van der Waals surface area contributed by atoms with Crippen LogP contribution in [-0.4, -0.2) is 69.2 Å². The number of aryl methyl sites for hydroxylation is 1. The lowest BCUT2D eigenvalue weighted by Gasteiger charge is -2.53. The third kappa shape index (κ3) is 8.19. The molecule has 0 aromatic heterocycles. The molecule has 14 heteroatoms. The number of fused-ring (bicyclic) bond motifs is 1. The summed E-state index contributed by atoms with van der Waals surface area (Å²) in [5, 5.41) is 0. The van der Waals surface area contributed by atoms with E-state index in [1.807, 2.05) is 65.0 Å². The molecule has 0 saturated carbocycles. The third-order valence-corrected chi connectivity index (χ3v) is 20.4. The number of ether oxygens (including phenoxy) is 2. The van der Waals surface area contributed by atoms with Crippen molar-refractivity contribution in [2.45, 2.75) is 114 Å². The number of carbonyl (C=O) groups excluding carboxylic acids is 1. The van der Waals surface area contributed by atoms with Gasteiger partial charge < -0.3 is 22.4 Å². The Kier molecular flexibility index (Phi) is 11.7. The number of amides is 1. The van der Waals surface area contributed by atoms with Crippen LogP contribution in [0.3, 0.4) is 0 Å². The first-order chi connectivity index (χ1) is 22.5. The van der Waals surface area contributed by atoms with Gasteiger partial charge in [-0.25, -0.2) is 4.79 Å². The highest BCUT2D eigenvalue weighted by atomic mass is 32.2. The number of hydroxylamine groups is 1. The molecule has 0 bridgehead atoms. The number of hydrogen-bond acceptors (Lipinski definition) is 10. The van der Waals surface area contributed by atoms with Gasteiger partial charge >= 0.3 is 23.2 Å². The maximum atomic E-state index is 13.5. The van der Waals surface area contributed by atoms with E-state index in [1.54, 1.807) is 12.1 Å². The molecule has 1 N–H and O–H groups in total. The van der Waals surface area contributed by atoms with E-state index in [2.05, 4.69) is 33.2 Å². The van der Waals surface area contributed by atoms with Crippen LogP contribution in [0.25, 0.3) is 0 Å². The minimum Gasteiger partial charge on any atom is -0.443 e. The van der Waals surface area contributed by atoms with Gasteiger partial charge in [0, 0.05) is 0 Å². The van der Waals surface area contributed by atoms with Crippen molar-refractivity contribution in [3.05, 3.63) is 65.7 Å². The fraction of sp³-hybridized carbons (Fsp3) is 0.606. The Bertz CT molecular complexity index is 1460. The number of hydrogen-bond donors (Lipinski definition) is 1. The molecule has 1 unspecified atom stereocenters. The summed E-state index contributed by atoms with van der Waals surface area (Å²) in [6.45, 7) is 16.2. The van der Waals surface area contributed by atoms with E-state index < -0.39 is 64.3 Å². The number of benzene rings is 2. The molecule has 2 fully saturated rings. The molecule has 0 radical (unpaired) electrons. The maximum Gasteiger partial charge on any atom is 0.431 e. The van der Waals surface area contributed by atoms with Crippen LogP contribution in [0.4, 0.5) is 4.79 Å². The van der Waals surface area contributed by atoms with E-state index in [4.69, 9.17) is 32.8 Å². The van der Waals surface area contributed by atoms with Crippen molar-refractivity contribution >= 4 is 33.3 Å². The average Bonchev–Trinajstić information content (AvgIpc) is 3.27. The highest BCUT2D eigenvalue weighted by Crippen LogP contribution is 2.49. The Balaban J connectivity index is 1.73. The topological polar surface area (TPSA) is 128 Å². The van der Waals surface area contributed by atoms with Gasteiger partial charge in [-0.15, -0.1) is 0 Å². The molecule has 0 spiro atoms. The Morgan fingerprint density at radius 1 is 0.957 bits per heavy atom. The summed E-state index contributed by atoms with van der Waals surface area (Å²) in [5.41, 5.74) is 2.18. The average molecular weight is 712 g/mol. The van der Waals surface area contributed by atoms with E-state index in [9.17, 15) is 13.2 Å². The summed E-state index contributed by atoms with van der Waals surface area (Å²) < 4.78 is 74.6. The van der Waals surface area contributed by atoms with Crippen LogP contribution in [0.2, 0.25) is 22.2 Å². The lowest BCUT2D eigenvalue weighted by atomic mass is 9.98. The van der Waals surface area contributed by atoms with Gasteiger partial charge in [-0.1, -0.05) is 103 Å². The highest BCUT2D eigenvalue weighted by molar-refractivity contribution is 7.86. The third-order valence-electron chi connectivity index (χ3n) is 8.90. The SMILES string of the molecule is [3H][C@@H]1O[C@]2(COS(=O)(=O)c3ccc(C)cc3)CO[Si](C(C)C)(C(C)C)O[Si](C(C)C)(C(C)C)OC2[C@@H]1ONC(=O)OCc1ccccc1. The second-order valence-electron chi connectivity index (χ2n) is 13.6. The molecule has 2 saturated heterocycles. The molecule has 4 rings (SSSR count). The Morgan fingerprint density at radius 3 is 2.13 bits per heavy atom. The Labute approximate surface area is 283 Å². The molecular formula is C33H51NO10SSi2. The summed E-state index contributed by atoms with van der Waals surface area (Å²) in [5.74, 6) is 0. The van der Waals surface area contributed by atoms with Crippen LogP contribution < -0.4 is 5.48 Å². The van der Waals surface area contributed by atoms with E-state index in [-0.39, 0.29) is 40.3 Å². The molecule has 0 aliphatic carbocycles. The zero-order valence-electron chi connectivity index (χ0n) is 29.8. The van der Waals surface area contributed by atoms with Crippen LogP contribution in [0, 0.1) is 6.92 Å². The molecule has 2 aliphatic rings. The molecule has 1 amide bonds. The van der Waals surface area contributed by atoms with Crippen molar-refractivity contribution in [3.63, 3.8) is 0 Å². The van der Waals surface area contributed by atoms with Gasteiger partial charge in [0.25, 0.3) is 10.1 Å². The summed E-state index contributed by atoms with van der Waals surface area (Å²) >= 11 is 0. The quantitative estimate of drug-likeness (QED) is 0.145. The van der Waals surface area contributed by atoms with Crippen LogP contribution in [-0.2, 0) is 48.2 Å². The van der Waals surface area contributed by atoms with E-state index >= 15 is 0 Å². The van der Waals surface area contributed by atoms with Crippen LogP contribution >= 0.6 is 0 Å². The lowest BCUT2D eigenvalue weighted by Crippen LogP contribution is -2.69. The standard InChI is InChI=1S/C33H51NO10SSi2/c1-23(2)46(24(3)4)41-22-33(21-40-45(36,37)29-17-15-27(9)16-18-29)31(43-47(44-46,25(5)6)26(7)8)30(20-39-33)42-34-32(35)38-19-28-13-11-10-12-14-28/h10-18,23-26,30-31H,19-22H2,1-9H3,(H,34,35)/t30-,31?,33-/m1/s1/i20T/t20-,30+,31?,33+/m0. The van der Waals surface area contributed by atoms with E-state index in [0.29, 0.717) is 0 Å². The summed E-state index contributed by atoms with van der Waals surface area (Å²) in [6, 6.07) is 15.5. The van der Waals surface area contributed by atoms with Gasteiger partial charge in [0.2, 0.25) is 0 Å². The lowest BCUT2D eigenvalue weighted by molar-refractivity contribution is -0.130. The monoisotopic (exact) mass is 711 g/mol. The number of nitrogens with one attached hydrogen (secondary N) is 1.